The Morgan fingerprint density at radius 2 is 1.73 bits per heavy atom. The molecule has 0 bridgehead atoms. The molecule has 0 aliphatic rings. The van der Waals surface area contributed by atoms with Gasteiger partial charge in [0.1, 0.15) is 9.90 Å². The lowest BCUT2D eigenvalue weighted by Gasteiger charge is -2.12. The number of sulfonamides is 1. The molecular formula is C12H12F3N3O2S2. The van der Waals surface area contributed by atoms with E-state index in [9.17, 15) is 21.6 Å². The van der Waals surface area contributed by atoms with Crippen molar-refractivity contribution in [2.75, 3.05) is 4.72 Å². The summed E-state index contributed by atoms with van der Waals surface area (Å²) in [4.78, 5) is -1.00. The third-order valence-electron chi connectivity index (χ3n) is 2.58. The Kier molecular flexibility index (Phi) is 4.18. The van der Waals surface area contributed by atoms with Crippen LogP contribution in [0.3, 0.4) is 0 Å². The normalized spacial score (nSPS) is 12.5. The first kappa shape index (κ1) is 16.7. The summed E-state index contributed by atoms with van der Waals surface area (Å²) in [5, 5.41) is 7.96. The molecular weight excluding hydrogens is 339 g/mol. The predicted octanol–water partition coefficient (Wildman–Crippen LogP) is 3.05. The minimum absolute atomic E-state index is 0.0888. The van der Waals surface area contributed by atoms with Gasteiger partial charge >= 0.3 is 0 Å². The predicted molar refractivity (Wildman–Crippen MR) is 75.7 cm³/mol. The maximum Gasteiger partial charge on any atom is 0.266 e. The van der Waals surface area contributed by atoms with Crippen molar-refractivity contribution in [3.8, 4) is 0 Å². The molecule has 120 valence electrons. The van der Waals surface area contributed by atoms with E-state index in [0.717, 1.165) is 11.3 Å². The van der Waals surface area contributed by atoms with Crippen molar-refractivity contribution in [1.82, 2.24) is 10.2 Å². The zero-order valence-corrected chi connectivity index (χ0v) is 13.4. The smallest absolute Gasteiger partial charge is 0.253 e. The molecule has 0 spiro atoms. The van der Waals surface area contributed by atoms with E-state index in [1.807, 2.05) is 25.5 Å². The minimum atomic E-state index is -4.44. The van der Waals surface area contributed by atoms with E-state index in [4.69, 9.17) is 0 Å². The van der Waals surface area contributed by atoms with E-state index in [1.54, 1.807) is 0 Å². The largest absolute Gasteiger partial charge is 0.266 e. The molecule has 2 rings (SSSR count). The lowest BCUT2D eigenvalue weighted by atomic mass is 9.98. The van der Waals surface area contributed by atoms with Gasteiger partial charge in [0.25, 0.3) is 10.0 Å². The van der Waals surface area contributed by atoms with Gasteiger partial charge in [0, 0.05) is 5.41 Å². The molecule has 0 aliphatic heterocycles. The van der Waals surface area contributed by atoms with Crippen LogP contribution in [0.25, 0.3) is 0 Å². The van der Waals surface area contributed by atoms with Gasteiger partial charge in [0.2, 0.25) is 5.13 Å². The average molecular weight is 351 g/mol. The molecule has 0 atom stereocenters. The van der Waals surface area contributed by atoms with Gasteiger partial charge in [0.15, 0.2) is 17.5 Å². The molecule has 1 N–H and O–H groups in total. The fraction of sp³-hybridized carbons (Fsp3) is 0.333. The summed E-state index contributed by atoms with van der Waals surface area (Å²) in [6, 6.07) is 1.18. The van der Waals surface area contributed by atoms with Crippen molar-refractivity contribution < 1.29 is 21.6 Å². The van der Waals surface area contributed by atoms with Crippen molar-refractivity contribution in [3.63, 3.8) is 0 Å². The van der Waals surface area contributed by atoms with E-state index < -0.39 is 32.4 Å². The zero-order chi connectivity index (χ0) is 16.7. The Labute approximate surface area is 129 Å². The first-order valence-electron chi connectivity index (χ1n) is 6.02. The van der Waals surface area contributed by atoms with Gasteiger partial charge in [-0.1, -0.05) is 32.1 Å². The third-order valence-corrected chi connectivity index (χ3v) is 5.33. The summed E-state index contributed by atoms with van der Waals surface area (Å²) < 4.78 is 65.7. The molecule has 22 heavy (non-hydrogen) atoms. The van der Waals surface area contributed by atoms with Crippen molar-refractivity contribution in [2.45, 2.75) is 31.1 Å². The second-order valence-corrected chi connectivity index (χ2v) is 8.07. The van der Waals surface area contributed by atoms with E-state index in [1.165, 1.54) is 0 Å². The van der Waals surface area contributed by atoms with Crippen LogP contribution in [0.5, 0.6) is 0 Å². The van der Waals surface area contributed by atoms with Crippen LogP contribution in [-0.2, 0) is 15.4 Å². The van der Waals surface area contributed by atoms with E-state index in [-0.39, 0.29) is 10.5 Å². The molecule has 0 aliphatic carbocycles. The molecule has 0 saturated carbocycles. The van der Waals surface area contributed by atoms with Crippen LogP contribution < -0.4 is 4.72 Å². The maximum atomic E-state index is 13.6. The highest BCUT2D eigenvalue weighted by molar-refractivity contribution is 7.93. The number of halogens is 3. The molecule has 0 amide bonds. The van der Waals surface area contributed by atoms with Crippen LogP contribution in [-0.4, -0.2) is 18.6 Å². The van der Waals surface area contributed by atoms with Gasteiger partial charge in [-0.15, -0.1) is 10.2 Å². The van der Waals surface area contributed by atoms with E-state index >= 15 is 0 Å². The quantitative estimate of drug-likeness (QED) is 0.863. The van der Waals surface area contributed by atoms with Crippen LogP contribution >= 0.6 is 11.3 Å². The molecule has 2 aromatic rings. The summed E-state index contributed by atoms with van der Waals surface area (Å²) in [5.41, 5.74) is -0.339. The SMILES string of the molecule is CC(C)(C)c1nnc(NS(=O)(=O)c2ccc(F)c(F)c2F)s1. The van der Waals surface area contributed by atoms with Crippen molar-refractivity contribution in [1.29, 1.82) is 0 Å². The number of aromatic nitrogens is 2. The highest BCUT2D eigenvalue weighted by Gasteiger charge is 2.26. The summed E-state index contributed by atoms with van der Waals surface area (Å²) >= 11 is 0.972. The van der Waals surface area contributed by atoms with Crippen LogP contribution in [0, 0.1) is 17.5 Å². The van der Waals surface area contributed by atoms with Gasteiger partial charge in [-0.05, 0) is 12.1 Å². The van der Waals surface area contributed by atoms with Crippen LogP contribution in [0.4, 0.5) is 18.3 Å². The summed E-state index contributed by atoms with van der Waals surface area (Å²) in [5.74, 6) is -5.11. The Morgan fingerprint density at radius 1 is 1.09 bits per heavy atom. The molecule has 0 saturated heterocycles. The van der Waals surface area contributed by atoms with Gasteiger partial charge < -0.3 is 0 Å². The number of benzene rings is 1. The summed E-state index contributed by atoms with van der Waals surface area (Å²) in [6.07, 6.45) is 0. The Hall–Kier alpha value is -1.68. The zero-order valence-electron chi connectivity index (χ0n) is 11.8. The summed E-state index contributed by atoms with van der Waals surface area (Å²) in [6.45, 7) is 5.59. The highest BCUT2D eigenvalue weighted by atomic mass is 32.2. The lowest BCUT2D eigenvalue weighted by molar-refractivity contribution is 0.432. The van der Waals surface area contributed by atoms with Crippen molar-refractivity contribution in [2.24, 2.45) is 0 Å². The first-order chi connectivity index (χ1) is 10.0. The highest BCUT2D eigenvalue weighted by Crippen LogP contribution is 2.29. The molecule has 1 heterocycles. The molecule has 1 aromatic heterocycles. The lowest BCUT2D eigenvalue weighted by Crippen LogP contribution is -2.15. The second-order valence-electron chi connectivity index (χ2n) is 5.44. The number of nitrogens with one attached hydrogen (secondary N) is 1. The molecule has 0 unspecified atom stereocenters. The maximum absolute atomic E-state index is 13.6. The van der Waals surface area contributed by atoms with Crippen LogP contribution in [0.1, 0.15) is 25.8 Å². The fourth-order valence-corrected chi connectivity index (χ4v) is 3.56. The first-order valence-corrected chi connectivity index (χ1v) is 8.32. The van der Waals surface area contributed by atoms with Crippen LogP contribution in [0.2, 0.25) is 0 Å². The van der Waals surface area contributed by atoms with E-state index in [2.05, 4.69) is 10.2 Å². The fourth-order valence-electron chi connectivity index (χ4n) is 1.45. The molecule has 0 fully saturated rings. The number of anilines is 1. The third kappa shape index (κ3) is 3.22. The molecule has 0 radical (unpaired) electrons. The second kappa shape index (κ2) is 5.51. The number of hydrogen-bond donors (Lipinski definition) is 1. The Balaban J connectivity index is 2.37. The number of rotatable bonds is 3. The topological polar surface area (TPSA) is 72.0 Å². The molecule has 1 aromatic carbocycles. The number of hydrogen-bond acceptors (Lipinski definition) is 5. The van der Waals surface area contributed by atoms with Gasteiger partial charge in [-0.3, -0.25) is 4.72 Å². The molecule has 5 nitrogen and oxygen atoms in total. The summed E-state index contributed by atoms with van der Waals surface area (Å²) in [7, 11) is -4.44. The standard InChI is InChI=1S/C12H12F3N3O2S2/c1-12(2,3)10-16-17-11(21-10)18-22(19,20)7-5-4-6(13)8(14)9(7)15/h4-5H,1-3H3,(H,17,18). The monoisotopic (exact) mass is 351 g/mol. The van der Waals surface area contributed by atoms with E-state index in [0.29, 0.717) is 17.1 Å². The van der Waals surface area contributed by atoms with Crippen LogP contribution in [0.15, 0.2) is 17.0 Å². The van der Waals surface area contributed by atoms with Crippen molar-refractivity contribution >= 4 is 26.5 Å². The minimum Gasteiger partial charge on any atom is -0.253 e. The average Bonchev–Trinajstić information content (AvgIpc) is 2.83. The Bertz CT molecular complexity index is 814. The molecule has 10 heteroatoms. The van der Waals surface area contributed by atoms with Crippen molar-refractivity contribution in [3.05, 3.63) is 34.6 Å². The van der Waals surface area contributed by atoms with Gasteiger partial charge in [-0.2, -0.15) is 0 Å². The number of nitrogens with zero attached hydrogens (tertiary/aromatic N) is 2. The Morgan fingerprint density at radius 3 is 2.27 bits per heavy atom. The van der Waals surface area contributed by atoms with Gasteiger partial charge in [0.05, 0.1) is 0 Å². The van der Waals surface area contributed by atoms with Gasteiger partial charge in [-0.25, -0.2) is 21.6 Å².